The highest BCUT2D eigenvalue weighted by Gasteiger charge is 2.01. The van der Waals surface area contributed by atoms with Gasteiger partial charge in [-0.2, -0.15) is 5.10 Å². The van der Waals surface area contributed by atoms with Crippen LogP contribution in [-0.4, -0.2) is 19.7 Å². The van der Waals surface area contributed by atoms with Gasteiger partial charge in [0.2, 0.25) is 5.28 Å². The molecular weight excluding hydrogens is 226 g/mol. The lowest BCUT2D eigenvalue weighted by Crippen LogP contribution is -2.04. The van der Waals surface area contributed by atoms with Gasteiger partial charge < -0.3 is 5.32 Å². The third-order valence-electron chi connectivity index (χ3n) is 2.05. The Bertz CT molecular complexity index is 473. The summed E-state index contributed by atoms with van der Waals surface area (Å²) in [5.74, 6) is 0.711. The molecule has 2 aromatic heterocycles. The topological polar surface area (TPSA) is 55.6 Å². The second-order valence-electron chi connectivity index (χ2n) is 3.50. The average Bonchev–Trinajstić information content (AvgIpc) is 2.60. The van der Waals surface area contributed by atoms with Crippen LogP contribution >= 0.6 is 11.6 Å². The lowest BCUT2D eigenvalue weighted by atomic mass is 10.4. The highest BCUT2D eigenvalue weighted by Crippen LogP contribution is 2.10. The fourth-order valence-corrected chi connectivity index (χ4v) is 1.59. The van der Waals surface area contributed by atoms with Crippen molar-refractivity contribution in [2.45, 2.75) is 13.5 Å². The molecule has 0 radical (unpaired) electrons. The van der Waals surface area contributed by atoms with Crippen molar-refractivity contribution in [3.05, 3.63) is 35.0 Å². The quantitative estimate of drug-likeness (QED) is 0.827. The lowest BCUT2D eigenvalue weighted by molar-refractivity contribution is 0.747. The van der Waals surface area contributed by atoms with E-state index in [0.717, 1.165) is 11.4 Å². The number of nitrogens with one attached hydrogen (secondary N) is 1. The average molecular weight is 238 g/mol. The number of aryl methyl sites for hydroxylation is 2. The molecule has 2 heterocycles. The fourth-order valence-electron chi connectivity index (χ4n) is 1.36. The van der Waals surface area contributed by atoms with Crippen LogP contribution in [0.5, 0.6) is 0 Å². The van der Waals surface area contributed by atoms with Gasteiger partial charge in [0.15, 0.2) is 0 Å². The second-order valence-corrected chi connectivity index (χ2v) is 3.84. The van der Waals surface area contributed by atoms with Crippen LogP contribution < -0.4 is 5.32 Å². The predicted molar refractivity (Wildman–Crippen MR) is 62.3 cm³/mol. The van der Waals surface area contributed by atoms with Gasteiger partial charge in [0, 0.05) is 25.0 Å². The molecule has 0 bridgehead atoms. The number of hydrogen-bond acceptors (Lipinski definition) is 4. The largest absolute Gasteiger partial charge is 0.364 e. The van der Waals surface area contributed by atoms with Crippen LogP contribution in [0.3, 0.4) is 0 Å². The molecule has 0 aliphatic rings. The van der Waals surface area contributed by atoms with Crippen LogP contribution in [0.2, 0.25) is 5.28 Å². The van der Waals surface area contributed by atoms with Gasteiger partial charge in [-0.1, -0.05) is 0 Å². The van der Waals surface area contributed by atoms with Crippen LogP contribution in [0.4, 0.5) is 5.82 Å². The zero-order valence-electron chi connectivity index (χ0n) is 9.11. The van der Waals surface area contributed by atoms with E-state index in [4.69, 9.17) is 11.6 Å². The zero-order valence-corrected chi connectivity index (χ0v) is 9.86. The van der Waals surface area contributed by atoms with E-state index < -0.39 is 0 Å². The van der Waals surface area contributed by atoms with Crippen molar-refractivity contribution >= 4 is 17.4 Å². The smallest absolute Gasteiger partial charge is 0.224 e. The maximum absolute atomic E-state index is 5.75. The Labute approximate surface area is 98.5 Å². The molecule has 5 nitrogen and oxygen atoms in total. The van der Waals surface area contributed by atoms with E-state index in [0.29, 0.717) is 12.4 Å². The molecule has 6 heteroatoms. The summed E-state index contributed by atoms with van der Waals surface area (Å²) in [7, 11) is 1.88. The molecule has 2 rings (SSSR count). The molecule has 0 spiro atoms. The summed E-state index contributed by atoms with van der Waals surface area (Å²) >= 11 is 5.75. The van der Waals surface area contributed by atoms with Gasteiger partial charge in [-0.05, 0) is 24.6 Å². The summed E-state index contributed by atoms with van der Waals surface area (Å²) in [4.78, 5) is 8.05. The van der Waals surface area contributed by atoms with Gasteiger partial charge in [-0.15, -0.1) is 0 Å². The van der Waals surface area contributed by atoms with E-state index in [1.807, 2.05) is 32.3 Å². The first kappa shape index (κ1) is 10.9. The first-order valence-corrected chi connectivity index (χ1v) is 5.25. The fraction of sp³-hybridized carbons (Fsp3) is 0.300. The highest BCUT2D eigenvalue weighted by atomic mass is 35.5. The van der Waals surface area contributed by atoms with Gasteiger partial charge in [-0.3, -0.25) is 4.68 Å². The van der Waals surface area contributed by atoms with E-state index in [1.165, 1.54) is 0 Å². The van der Waals surface area contributed by atoms with Gasteiger partial charge in [0.1, 0.15) is 5.82 Å². The van der Waals surface area contributed by atoms with E-state index >= 15 is 0 Å². The lowest BCUT2D eigenvalue weighted by Gasteiger charge is -2.04. The minimum Gasteiger partial charge on any atom is -0.364 e. The van der Waals surface area contributed by atoms with Gasteiger partial charge in [0.25, 0.3) is 0 Å². The Hall–Kier alpha value is -1.62. The van der Waals surface area contributed by atoms with E-state index in [2.05, 4.69) is 20.4 Å². The van der Waals surface area contributed by atoms with Crippen molar-refractivity contribution in [1.82, 2.24) is 19.7 Å². The molecule has 0 fully saturated rings. The second kappa shape index (κ2) is 4.49. The summed E-state index contributed by atoms with van der Waals surface area (Å²) in [5.41, 5.74) is 1.79. The van der Waals surface area contributed by atoms with E-state index in [-0.39, 0.29) is 5.28 Å². The highest BCUT2D eigenvalue weighted by molar-refractivity contribution is 6.28. The summed E-state index contributed by atoms with van der Waals surface area (Å²) in [6.45, 7) is 2.49. The van der Waals surface area contributed by atoms with Crippen LogP contribution in [0.1, 0.15) is 11.4 Å². The molecule has 0 saturated heterocycles. The Morgan fingerprint density at radius 3 is 2.88 bits per heavy atom. The molecule has 84 valence electrons. The summed E-state index contributed by atoms with van der Waals surface area (Å²) in [6.07, 6.45) is 1.90. The SMILES string of the molecule is Cc1cc(NCc2ccn(C)n2)nc(Cl)n1. The normalized spacial score (nSPS) is 10.4. The Morgan fingerprint density at radius 1 is 1.44 bits per heavy atom. The molecule has 16 heavy (non-hydrogen) atoms. The summed E-state index contributed by atoms with van der Waals surface area (Å²) in [6, 6.07) is 3.79. The molecule has 0 amide bonds. The van der Waals surface area contributed by atoms with Gasteiger partial charge >= 0.3 is 0 Å². The molecule has 2 aromatic rings. The number of hydrogen-bond donors (Lipinski definition) is 1. The summed E-state index contributed by atoms with van der Waals surface area (Å²) in [5, 5.41) is 7.65. The van der Waals surface area contributed by atoms with Crippen molar-refractivity contribution in [3.8, 4) is 0 Å². The molecule has 0 atom stereocenters. The van der Waals surface area contributed by atoms with E-state index in [1.54, 1.807) is 4.68 Å². The minimum atomic E-state index is 0.253. The number of anilines is 1. The van der Waals surface area contributed by atoms with Crippen molar-refractivity contribution < 1.29 is 0 Å². The molecule has 0 saturated carbocycles. The van der Waals surface area contributed by atoms with Crippen LogP contribution in [0, 0.1) is 6.92 Å². The molecule has 0 unspecified atom stereocenters. The van der Waals surface area contributed by atoms with Crippen LogP contribution in [-0.2, 0) is 13.6 Å². The van der Waals surface area contributed by atoms with E-state index in [9.17, 15) is 0 Å². The maximum Gasteiger partial charge on any atom is 0.224 e. The van der Waals surface area contributed by atoms with Crippen molar-refractivity contribution in [1.29, 1.82) is 0 Å². The molecular formula is C10H12ClN5. The minimum absolute atomic E-state index is 0.253. The predicted octanol–water partition coefficient (Wildman–Crippen LogP) is 1.78. The molecule has 0 aliphatic heterocycles. The third kappa shape index (κ3) is 2.70. The molecule has 1 N–H and O–H groups in total. The van der Waals surface area contributed by atoms with Crippen molar-refractivity contribution in [3.63, 3.8) is 0 Å². The standard InChI is InChI=1S/C10H12ClN5/c1-7-5-9(14-10(11)13-7)12-6-8-3-4-16(2)15-8/h3-5H,6H2,1-2H3,(H,12,13,14). The molecule has 0 aromatic carbocycles. The first-order chi connectivity index (χ1) is 7.63. The number of aromatic nitrogens is 4. The van der Waals surface area contributed by atoms with Gasteiger partial charge in [0.05, 0.1) is 12.2 Å². The maximum atomic E-state index is 5.75. The number of nitrogens with zero attached hydrogens (tertiary/aromatic N) is 4. The Morgan fingerprint density at radius 2 is 2.25 bits per heavy atom. The monoisotopic (exact) mass is 237 g/mol. The van der Waals surface area contributed by atoms with Crippen molar-refractivity contribution in [2.75, 3.05) is 5.32 Å². The van der Waals surface area contributed by atoms with Gasteiger partial charge in [-0.25, -0.2) is 9.97 Å². The Kier molecular flexibility index (Phi) is 3.05. The van der Waals surface area contributed by atoms with Crippen molar-refractivity contribution in [2.24, 2.45) is 7.05 Å². The summed E-state index contributed by atoms with van der Waals surface area (Å²) < 4.78 is 1.76. The number of rotatable bonds is 3. The molecule has 0 aliphatic carbocycles. The zero-order chi connectivity index (χ0) is 11.5. The third-order valence-corrected chi connectivity index (χ3v) is 2.22. The van der Waals surface area contributed by atoms with Crippen LogP contribution in [0.15, 0.2) is 18.3 Å². The first-order valence-electron chi connectivity index (χ1n) is 4.87. The number of halogens is 1. The Balaban J connectivity index is 2.04. The van der Waals surface area contributed by atoms with Crippen LogP contribution in [0.25, 0.3) is 0 Å².